The molecule has 0 radical (unpaired) electrons. The molecule has 1 nitrogen and oxygen atoms in total. The number of hydrogen-bond acceptors (Lipinski definition) is 0. The third-order valence-corrected chi connectivity index (χ3v) is 16.7. The molecule has 0 fully saturated rings. The van der Waals surface area contributed by atoms with Gasteiger partial charge in [-0.2, -0.15) is 0 Å². The molecule has 28 heteroatoms. The summed E-state index contributed by atoms with van der Waals surface area (Å²) >= 11 is 0. The molecule has 0 aromatic heterocycles. The summed E-state index contributed by atoms with van der Waals surface area (Å²) in [6.45, 7) is 12.0. The van der Waals surface area contributed by atoms with E-state index in [-0.39, 0.29) is 48.5 Å². The van der Waals surface area contributed by atoms with E-state index < -0.39 is 233 Å². The number of benzene rings is 10. The minimum atomic E-state index is -6.29. The Morgan fingerprint density at radius 2 is 0.632 bits per heavy atom. The first-order valence-corrected chi connectivity index (χ1v) is 28.8. The first-order chi connectivity index (χ1) is 44.8. The second-order valence-corrected chi connectivity index (χ2v) is 22.3. The van der Waals surface area contributed by atoms with Gasteiger partial charge in [0.2, 0.25) is 5.82 Å². The zero-order valence-corrected chi connectivity index (χ0v) is 49.4. The number of halogens is 26. The second-order valence-electron chi connectivity index (χ2n) is 22.3. The van der Waals surface area contributed by atoms with Crippen LogP contribution in [0.1, 0.15) is 72.6 Å². The average Bonchev–Trinajstić information content (AvgIpc) is 0.670. The Kier molecular flexibility index (Phi) is 21.9. The number of hydrogen-bond donors (Lipinski definition) is 1. The number of nitrogens with two attached hydrogens (primary N) is 1. The molecule has 95 heavy (non-hydrogen) atoms. The Morgan fingerprint density at radius 3 is 0.937 bits per heavy atom. The van der Waals surface area contributed by atoms with Crippen molar-refractivity contribution in [2.45, 2.75) is 72.6 Å². The van der Waals surface area contributed by atoms with Gasteiger partial charge in [0.25, 0.3) is 0 Å². The van der Waals surface area contributed by atoms with Crippen LogP contribution in [-0.4, -0.2) is 19.2 Å². The fourth-order valence-corrected chi connectivity index (χ4v) is 12.2. The summed E-state index contributed by atoms with van der Waals surface area (Å²) < 4.78 is 397. The molecule has 10 aromatic carbocycles. The largest absolute Gasteiger partial charge is 0.346 e. The van der Waals surface area contributed by atoms with E-state index >= 15 is 70.2 Å². The first kappa shape index (κ1) is 72.3. The number of quaternary nitrogens is 1. The van der Waals surface area contributed by atoms with Gasteiger partial charge < -0.3 is 5.32 Å². The Morgan fingerprint density at radius 1 is 0.316 bits per heavy atom. The van der Waals surface area contributed by atoms with Gasteiger partial charge in [0, 0.05) is 11.5 Å². The molecule has 10 rings (SSSR count). The molecule has 0 spiro atoms. The van der Waals surface area contributed by atoms with Gasteiger partial charge in [-0.1, -0.05) is 102 Å². The van der Waals surface area contributed by atoms with Crippen molar-refractivity contribution in [1.29, 1.82) is 0 Å². The molecule has 0 amide bonds. The molecule has 0 bridgehead atoms. The fourth-order valence-electron chi connectivity index (χ4n) is 12.2. The van der Waals surface area contributed by atoms with Crippen molar-refractivity contribution in [1.82, 2.24) is 0 Å². The van der Waals surface area contributed by atoms with Crippen molar-refractivity contribution in [3.8, 4) is 11.1 Å². The topological polar surface area (TPSA) is 16.6 Å². The number of fused-ring (bicyclic) bond motifs is 4. The van der Waals surface area contributed by atoms with Crippen LogP contribution in [0.5, 0.6) is 0 Å². The van der Waals surface area contributed by atoms with Gasteiger partial charge in [-0.15, -0.1) is 21.9 Å². The predicted molar refractivity (Wildman–Crippen MR) is 305 cm³/mol. The van der Waals surface area contributed by atoms with Crippen LogP contribution < -0.4 is 27.2 Å². The van der Waals surface area contributed by atoms with Crippen LogP contribution in [0.4, 0.5) is 114 Å². The summed E-state index contributed by atoms with van der Waals surface area (Å²) in [4.78, 5) is 0. The molecule has 2 unspecified atom stereocenters. The van der Waals surface area contributed by atoms with Gasteiger partial charge in [0.15, 0.2) is 116 Å². The van der Waals surface area contributed by atoms with Crippen molar-refractivity contribution >= 4 is 71.1 Å². The van der Waals surface area contributed by atoms with Gasteiger partial charge in [0.1, 0.15) is 35.2 Å². The molecule has 0 heterocycles. The lowest BCUT2D eigenvalue weighted by molar-refractivity contribution is -0.661. The van der Waals surface area contributed by atoms with E-state index in [1.165, 1.54) is 70.2 Å². The van der Waals surface area contributed by atoms with E-state index in [2.05, 4.69) is 33.0 Å². The van der Waals surface area contributed by atoms with E-state index in [4.69, 9.17) is 0 Å². The zero-order chi connectivity index (χ0) is 70.3. The minimum Gasteiger partial charge on any atom is -0.346 e. The first-order valence-electron chi connectivity index (χ1n) is 28.8. The third-order valence-electron chi connectivity index (χ3n) is 16.7. The number of rotatable bonds is 16. The summed E-state index contributed by atoms with van der Waals surface area (Å²) in [6, 6.07) is 3.74. The normalized spacial score (nSPS) is 12.4. The quantitative estimate of drug-likeness (QED) is 0.0326. The Balaban J connectivity index is 0.000000276. The standard InChI is InChI=1S/C40H8BF20.C15H33N.C12H4F6/c42-13-5-1-9-17(25(13)46)29(50)37(58)33(54)21(9)41(22-10-2-6-14(43)26(47)18(10)30(51)38(59)34(22)55,23-11-3-7-15(44)27(48)19(11)31(52)39(60)35(23)56)24-12-4-8-16(45)28(49)20(12)32(53)40(61)36(24)57;1-5-8-10-15(7-3)11-12-16-13-14(4)9-6-2;13-6-4-2-1-3-5(6)7-8(14)10(16)12(18)11(17)9(7)15/h1-8H;14-16H,5-13H2,1-4H3;1-4H/q-1;;/p+1. The predicted octanol–water partition coefficient (Wildman–Crippen LogP) is 18.2. The van der Waals surface area contributed by atoms with E-state index in [0.29, 0.717) is 0 Å². The van der Waals surface area contributed by atoms with Gasteiger partial charge in [0.05, 0.1) is 40.2 Å². The van der Waals surface area contributed by atoms with Crippen LogP contribution in [0.3, 0.4) is 0 Å². The maximum Gasteiger partial charge on any atom is 0.200 e. The Hall–Kier alpha value is -8.56. The van der Waals surface area contributed by atoms with Crippen molar-refractivity contribution in [2.24, 2.45) is 11.8 Å². The van der Waals surface area contributed by atoms with E-state index in [1.807, 2.05) is 0 Å². The summed E-state index contributed by atoms with van der Waals surface area (Å²) in [6.07, 6.45) is 3.47. The van der Waals surface area contributed by atoms with Crippen LogP contribution in [0.25, 0.3) is 54.2 Å². The zero-order valence-electron chi connectivity index (χ0n) is 49.4. The molecule has 0 aliphatic rings. The molecule has 2 N–H and O–H groups in total. The summed E-state index contributed by atoms with van der Waals surface area (Å²) in [5, 5.41) is -13.7. The molecule has 0 saturated carbocycles. The van der Waals surface area contributed by atoms with E-state index in [0.717, 1.165) is 24.0 Å². The average molecular weight is 1370 g/mol. The number of unbranched alkanes of at least 4 members (excludes halogenated alkanes) is 1. The highest BCUT2D eigenvalue weighted by molar-refractivity contribution is 7.23. The summed E-state index contributed by atoms with van der Waals surface area (Å²) in [5.74, 6) is -64.6. The van der Waals surface area contributed by atoms with Crippen LogP contribution in [-0.2, 0) is 0 Å². The van der Waals surface area contributed by atoms with E-state index in [9.17, 15) is 43.9 Å². The van der Waals surface area contributed by atoms with Crippen LogP contribution >= 0.6 is 0 Å². The second kappa shape index (κ2) is 28.8. The fraction of sp³-hybridized carbons (Fsp3) is 0.224. The maximum absolute atomic E-state index is 17.3. The molecule has 0 saturated heterocycles. The molecule has 504 valence electrons. The lowest BCUT2D eigenvalue weighted by Gasteiger charge is -2.47. The monoisotopic (exact) mass is 1370 g/mol. The van der Waals surface area contributed by atoms with E-state index in [1.54, 1.807) is 0 Å². The third kappa shape index (κ3) is 12.5. The highest BCUT2D eigenvalue weighted by Crippen LogP contribution is 2.39. The smallest absolute Gasteiger partial charge is 0.200 e. The van der Waals surface area contributed by atoms with Crippen molar-refractivity contribution < 1.29 is 119 Å². The van der Waals surface area contributed by atoms with Crippen molar-refractivity contribution in [3.63, 3.8) is 0 Å². The van der Waals surface area contributed by atoms with Crippen molar-refractivity contribution in [3.05, 3.63) is 224 Å². The highest BCUT2D eigenvalue weighted by atomic mass is 19.2. The van der Waals surface area contributed by atoms with Crippen molar-refractivity contribution in [2.75, 3.05) is 13.1 Å². The Bertz CT molecular complexity index is 4200. The molecule has 2 atom stereocenters. The lowest BCUT2D eigenvalue weighted by atomic mass is 9.11. The lowest BCUT2D eigenvalue weighted by Crippen LogP contribution is -2.85. The highest BCUT2D eigenvalue weighted by Gasteiger charge is 2.49. The van der Waals surface area contributed by atoms with Crippen LogP contribution in [0.15, 0.2) is 72.8 Å². The van der Waals surface area contributed by atoms with Gasteiger partial charge in [-0.25, -0.2) is 114 Å². The molecular formula is C67H46BF26N. The molecule has 0 aliphatic carbocycles. The maximum atomic E-state index is 17.3. The molecular weight excluding hydrogens is 1320 g/mol. The van der Waals surface area contributed by atoms with Gasteiger partial charge in [-0.05, 0) is 70.6 Å². The molecule has 0 aliphatic heterocycles. The van der Waals surface area contributed by atoms with Gasteiger partial charge in [-0.3, -0.25) is 0 Å². The summed E-state index contributed by atoms with van der Waals surface area (Å²) in [7, 11) is 0. The van der Waals surface area contributed by atoms with Crippen LogP contribution in [0, 0.1) is 163 Å². The Labute approximate surface area is 521 Å². The van der Waals surface area contributed by atoms with Gasteiger partial charge >= 0.3 is 0 Å². The van der Waals surface area contributed by atoms with Crippen LogP contribution in [0.2, 0.25) is 0 Å². The minimum absolute atomic E-state index is 0.0220. The molecule has 10 aromatic rings. The summed E-state index contributed by atoms with van der Waals surface area (Å²) in [5.41, 5.74) is -11.7. The SMILES string of the molecule is CCCCC(CC)CC[NH2+]CC(C)CCC.Fc1ccc2c([B-](c3c(F)c(F)c(F)c4c(F)c(F)ccc34)(c3c(F)c(F)c(F)c4c(F)c(F)ccc34)c3c(F)c(F)c(F)c4c(F)c(F)ccc34)c(F)c(F)c(F)c2c1F.Fc1ccccc1-c1c(F)c(F)c(F)c(F)c1F.